The van der Waals surface area contributed by atoms with Crippen molar-refractivity contribution in [3.05, 3.63) is 48.0 Å². The van der Waals surface area contributed by atoms with Crippen LogP contribution in [0.1, 0.15) is 24.1 Å². The molecule has 0 aliphatic heterocycles. The SMILES string of the molecule is CNc1ncc(C#Cc2ccc(OCC(F)(F)F)cn2)c2cc(NC(=O)C3CC3)ncc12. The van der Waals surface area contributed by atoms with Gasteiger partial charge in [0.25, 0.3) is 0 Å². The van der Waals surface area contributed by atoms with Gasteiger partial charge in [-0.25, -0.2) is 15.0 Å². The molecule has 1 fully saturated rings. The third-order valence-electron chi connectivity index (χ3n) is 4.67. The number of nitrogens with zero attached hydrogens (tertiary/aromatic N) is 3. The van der Waals surface area contributed by atoms with Gasteiger partial charge in [-0.2, -0.15) is 13.2 Å². The number of halogens is 3. The smallest absolute Gasteiger partial charge is 0.422 e. The first-order valence-electron chi connectivity index (χ1n) is 9.77. The predicted molar refractivity (Wildman–Crippen MR) is 112 cm³/mol. The molecule has 0 unspecified atom stereocenters. The van der Waals surface area contributed by atoms with Crippen molar-refractivity contribution >= 4 is 28.3 Å². The Morgan fingerprint density at radius 2 is 1.94 bits per heavy atom. The molecule has 0 aromatic carbocycles. The lowest BCUT2D eigenvalue weighted by molar-refractivity contribution is -0.153. The Kier molecular flexibility index (Phi) is 5.81. The molecular formula is C22H18F3N5O2. The van der Waals surface area contributed by atoms with Crippen molar-refractivity contribution in [1.29, 1.82) is 0 Å². The molecule has 0 spiro atoms. The maximum Gasteiger partial charge on any atom is 0.422 e. The lowest BCUT2D eigenvalue weighted by Gasteiger charge is -2.09. The second-order valence-electron chi connectivity index (χ2n) is 7.18. The van der Waals surface area contributed by atoms with E-state index in [4.69, 9.17) is 0 Å². The number of aromatic nitrogens is 3. The van der Waals surface area contributed by atoms with Gasteiger partial charge in [-0.3, -0.25) is 4.79 Å². The van der Waals surface area contributed by atoms with Crippen LogP contribution in [0.25, 0.3) is 10.8 Å². The Balaban J connectivity index is 1.59. The number of pyridine rings is 3. The molecule has 3 aromatic heterocycles. The van der Waals surface area contributed by atoms with Gasteiger partial charge in [0.1, 0.15) is 23.1 Å². The van der Waals surface area contributed by atoms with E-state index < -0.39 is 12.8 Å². The Morgan fingerprint density at radius 3 is 2.59 bits per heavy atom. The van der Waals surface area contributed by atoms with Crippen LogP contribution in [0.2, 0.25) is 0 Å². The molecule has 10 heteroatoms. The normalized spacial score (nSPS) is 13.2. The number of alkyl halides is 3. The number of nitrogens with one attached hydrogen (secondary N) is 2. The maximum absolute atomic E-state index is 12.2. The Bertz CT molecular complexity index is 1210. The van der Waals surface area contributed by atoms with E-state index in [1.54, 1.807) is 25.5 Å². The summed E-state index contributed by atoms with van der Waals surface area (Å²) >= 11 is 0. The van der Waals surface area contributed by atoms with Crippen molar-refractivity contribution in [2.24, 2.45) is 5.92 Å². The van der Waals surface area contributed by atoms with Gasteiger partial charge in [-0.15, -0.1) is 0 Å². The van der Waals surface area contributed by atoms with E-state index in [9.17, 15) is 18.0 Å². The van der Waals surface area contributed by atoms with Crippen molar-refractivity contribution in [1.82, 2.24) is 15.0 Å². The fourth-order valence-corrected chi connectivity index (χ4v) is 2.91. The topological polar surface area (TPSA) is 89.0 Å². The number of ether oxygens (including phenoxy) is 1. The van der Waals surface area contributed by atoms with Crippen LogP contribution >= 0.6 is 0 Å². The summed E-state index contributed by atoms with van der Waals surface area (Å²) in [7, 11) is 1.74. The fourth-order valence-electron chi connectivity index (χ4n) is 2.91. The first-order chi connectivity index (χ1) is 15.3. The molecule has 3 aromatic rings. The largest absolute Gasteiger partial charge is 0.483 e. The minimum absolute atomic E-state index is 0.000449. The number of carbonyl (C=O) groups excluding carboxylic acids is 1. The number of amides is 1. The number of hydrogen-bond acceptors (Lipinski definition) is 6. The molecule has 7 nitrogen and oxygen atoms in total. The zero-order valence-electron chi connectivity index (χ0n) is 17.0. The van der Waals surface area contributed by atoms with E-state index in [-0.39, 0.29) is 17.6 Å². The second-order valence-corrected chi connectivity index (χ2v) is 7.18. The molecule has 1 amide bonds. The summed E-state index contributed by atoms with van der Waals surface area (Å²) in [5.41, 5.74) is 0.939. The van der Waals surface area contributed by atoms with Gasteiger partial charge in [-0.1, -0.05) is 5.92 Å². The highest BCUT2D eigenvalue weighted by Crippen LogP contribution is 2.31. The Hall–Kier alpha value is -3.87. The highest BCUT2D eigenvalue weighted by Gasteiger charge is 2.30. The van der Waals surface area contributed by atoms with Crippen molar-refractivity contribution < 1.29 is 22.7 Å². The van der Waals surface area contributed by atoms with Crippen molar-refractivity contribution in [3.63, 3.8) is 0 Å². The molecule has 4 rings (SSSR count). The van der Waals surface area contributed by atoms with Crippen LogP contribution in [0.4, 0.5) is 24.8 Å². The van der Waals surface area contributed by atoms with E-state index in [0.717, 1.165) is 23.6 Å². The van der Waals surface area contributed by atoms with E-state index in [1.165, 1.54) is 18.3 Å². The maximum atomic E-state index is 12.2. The lowest BCUT2D eigenvalue weighted by Crippen LogP contribution is -2.19. The van der Waals surface area contributed by atoms with Gasteiger partial charge in [0.15, 0.2) is 6.61 Å². The average molecular weight is 441 g/mol. The van der Waals surface area contributed by atoms with Gasteiger partial charge in [0.2, 0.25) is 5.91 Å². The summed E-state index contributed by atoms with van der Waals surface area (Å²) in [4.78, 5) is 24.7. The summed E-state index contributed by atoms with van der Waals surface area (Å²) in [6, 6.07) is 4.58. The minimum Gasteiger partial charge on any atom is -0.483 e. The Labute approximate surface area is 181 Å². The van der Waals surface area contributed by atoms with Crippen LogP contribution < -0.4 is 15.4 Å². The van der Waals surface area contributed by atoms with Crippen LogP contribution in [0, 0.1) is 17.8 Å². The zero-order valence-corrected chi connectivity index (χ0v) is 17.0. The number of anilines is 2. The third kappa shape index (κ3) is 5.24. The predicted octanol–water partition coefficient (Wildman–Crippen LogP) is 3.76. The molecule has 1 saturated carbocycles. The number of hydrogen-bond donors (Lipinski definition) is 2. The lowest BCUT2D eigenvalue weighted by atomic mass is 10.1. The average Bonchev–Trinajstić information content (AvgIpc) is 3.62. The van der Waals surface area contributed by atoms with Gasteiger partial charge in [-0.05, 0) is 37.0 Å². The van der Waals surface area contributed by atoms with Crippen molar-refractivity contribution in [2.45, 2.75) is 19.0 Å². The molecule has 1 aliphatic carbocycles. The fraction of sp³-hybridized carbons (Fsp3) is 0.273. The van der Waals surface area contributed by atoms with Crippen LogP contribution in [-0.4, -0.2) is 40.7 Å². The zero-order chi connectivity index (χ0) is 22.7. The first kappa shape index (κ1) is 21.4. The molecule has 1 aliphatic rings. The molecular weight excluding hydrogens is 423 g/mol. The molecule has 164 valence electrons. The highest BCUT2D eigenvalue weighted by molar-refractivity contribution is 5.99. The Morgan fingerprint density at radius 1 is 1.12 bits per heavy atom. The van der Waals surface area contributed by atoms with E-state index >= 15 is 0 Å². The molecule has 0 bridgehead atoms. The van der Waals surface area contributed by atoms with Crippen LogP contribution in [0.3, 0.4) is 0 Å². The number of rotatable bonds is 5. The summed E-state index contributed by atoms with van der Waals surface area (Å²) in [5, 5.41) is 7.28. The van der Waals surface area contributed by atoms with Gasteiger partial charge >= 0.3 is 6.18 Å². The molecule has 0 radical (unpaired) electrons. The van der Waals surface area contributed by atoms with Crippen LogP contribution in [0.5, 0.6) is 5.75 Å². The minimum atomic E-state index is -4.42. The van der Waals surface area contributed by atoms with Crippen molar-refractivity contribution in [3.8, 4) is 17.6 Å². The summed E-state index contributed by atoms with van der Waals surface area (Å²) in [5.74, 6) is 6.89. The van der Waals surface area contributed by atoms with E-state index in [0.29, 0.717) is 22.9 Å². The quantitative estimate of drug-likeness (QED) is 0.587. The molecule has 2 N–H and O–H groups in total. The van der Waals surface area contributed by atoms with Crippen LogP contribution in [-0.2, 0) is 4.79 Å². The molecule has 3 heterocycles. The van der Waals surface area contributed by atoms with E-state index in [1.807, 2.05) is 0 Å². The summed E-state index contributed by atoms with van der Waals surface area (Å²) < 4.78 is 41.4. The van der Waals surface area contributed by atoms with Crippen molar-refractivity contribution in [2.75, 3.05) is 24.3 Å². The standard InChI is InChI=1S/C22H18F3N5O2/c1-26-20-18-11-28-19(30-21(31)13-2-3-13)8-17(18)14(9-29-20)4-5-15-6-7-16(10-27-15)32-12-22(23,24)25/h6-11,13H,2-3,12H2,1H3,(H,26,29)(H,28,30,31). The van der Waals surface area contributed by atoms with E-state index in [2.05, 4.69) is 42.2 Å². The summed E-state index contributed by atoms with van der Waals surface area (Å²) in [6.07, 6.45) is 1.75. The second kappa shape index (κ2) is 8.70. The molecule has 0 atom stereocenters. The van der Waals surface area contributed by atoms with Crippen LogP contribution in [0.15, 0.2) is 36.8 Å². The van der Waals surface area contributed by atoms with Gasteiger partial charge in [0, 0.05) is 36.1 Å². The molecule has 32 heavy (non-hydrogen) atoms. The van der Waals surface area contributed by atoms with Gasteiger partial charge < -0.3 is 15.4 Å². The third-order valence-corrected chi connectivity index (χ3v) is 4.67. The number of fused-ring (bicyclic) bond motifs is 1. The highest BCUT2D eigenvalue weighted by atomic mass is 19.4. The van der Waals surface area contributed by atoms with Gasteiger partial charge in [0.05, 0.1) is 11.8 Å². The first-order valence-corrected chi connectivity index (χ1v) is 9.77. The summed E-state index contributed by atoms with van der Waals surface area (Å²) in [6.45, 7) is -1.39. The monoisotopic (exact) mass is 441 g/mol. The molecule has 0 saturated heterocycles. The number of carbonyl (C=O) groups is 1.